The summed E-state index contributed by atoms with van der Waals surface area (Å²) >= 11 is 0. The lowest BCUT2D eigenvalue weighted by Crippen LogP contribution is -2.23. The summed E-state index contributed by atoms with van der Waals surface area (Å²) in [7, 11) is 0. The highest BCUT2D eigenvalue weighted by Crippen LogP contribution is 2.12. The first-order chi connectivity index (χ1) is 10.8. The molecule has 126 valence electrons. The Morgan fingerprint density at radius 2 is 1.18 bits per heavy atom. The Kier molecular flexibility index (Phi) is 12.1. The Hall–Kier alpha value is -0.820. The van der Waals surface area contributed by atoms with E-state index in [0.717, 1.165) is 0 Å². The highest BCUT2D eigenvalue weighted by molar-refractivity contribution is 5.14. The molecule has 0 heterocycles. The van der Waals surface area contributed by atoms with Crippen molar-refractivity contribution in [1.29, 1.82) is 0 Å². The molecule has 0 aliphatic rings. The van der Waals surface area contributed by atoms with Crippen LogP contribution < -0.4 is 5.32 Å². The molecule has 0 saturated heterocycles. The fourth-order valence-corrected chi connectivity index (χ4v) is 2.90. The third kappa shape index (κ3) is 11.8. The zero-order valence-corrected chi connectivity index (χ0v) is 14.9. The van der Waals surface area contributed by atoms with Crippen molar-refractivity contribution in [2.45, 2.75) is 90.5 Å². The molecule has 0 aliphatic heterocycles. The summed E-state index contributed by atoms with van der Waals surface area (Å²) in [5.41, 5.74) is 1.49. The Balaban J connectivity index is 1.75. The van der Waals surface area contributed by atoms with Crippen LogP contribution in [0.15, 0.2) is 30.3 Å². The van der Waals surface area contributed by atoms with Crippen LogP contribution in [-0.4, -0.2) is 12.6 Å². The minimum atomic E-state index is 0.641. The predicted molar refractivity (Wildman–Crippen MR) is 99.5 cm³/mol. The number of nitrogens with one attached hydrogen (secondary N) is 1. The van der Waals surface area contributed by atoms with Gasteiger partial charge in [-0.3, -0.25) is 0 Å². The lowest BCUT2D eigenvalue weighted by atomic mass is 10.0. The molecule has 1 heteroatoms. The van der Waals surface area contributed by atoms with E-state index in [1.165, 1.54) is 82.7 Å². The molecule has 0 atom stereocenters. The summed E-state index contributed by atoms with van der Waals surface area (Å²) in [6.07, 6.45) is 15.3. The predicted octanol–water partition coefficient (Wildman–Crippen LogP) is 6.13. The van der Waals surface area contributed by atoms with Gasteiger partial charge in [0.25, 0.3) is 0 Å². The molecule has 1 aromatic carbocycles. The van der Waals surface area contributed by atoms with Gasteiger partial charge >= 0.3 is 0 Å². The molecule has 1 aromatic rings. The lowest BCUT2D eigenvalue weighted by Gasteiger charge is -2.07. The third-order valence-corrected chi connectivity index (χ3v) is 4.29. The number of hydrogen-bond acceptors (Lipinski definition) is 1. The molecule has 0 spiro atoms. The van der Waals surface area contributed by atoms with E-state index in [0.29, 0.717) is 6.04 Å². The van der Waals surface area contributed by atoms with Crippen LogP contribution in [0.5, 0.6) is 0 Å². The van der Waals surface area contributed by atoms with Crippen molar-refractivity contribution < 1.29 is 0 Å². The van der Waals surface area contributed by atoms with E-state index in [9.17, 15) is 0 Å². The highest BCUT2D eigenvalue weighted by Gasteiger charge is 1.95. The Morgan fingerprint density at radius 3 is 1.73 bits per heavy atom. The van der Waals surface area contributed by atoms with Gasteiger partial charge < -0.3 is 5.32 Å². The van der Waals surface area contributed by atoms with Crippen LogP contribution in [0, 0.1) is 0 Å². The summed E-state index contributed by atoms with van der Waals surface area (Å²) in [6.45, 7) is 5.64. The minimum Gasteiger partial charge on any atom is -0.315 e. The second kappa shape index (κ2) is 13.8. The van der Waals surface area contributed by atoms with Gasteiger partial charge in [-0.15, -0.1) is 0 Å². The van der Waals surface area contributed by atoms with E-state index in [4.69, 9.17) is 0 Å². The van der Waals surface area contributed by atoms with Gasteiger partial charge in [-0.05, 0) is 31.4 Å². The molecule has 0 aliphatic carbocycles. The molecule has 0 radical (unpaired) electrons. The molecule has 1 N–H and O–H groups in total. The van der Waals surface area contributed by atoms with E-state index in [2.05, 4.69) is 49.5 Å². The second-order valence-corrected chi connectivity index (χ2v) is 6.88. The fourth-order valence-electron chi connectivity index (χ4n) is 2.90. The monoisotopic (exact) mass is 303 g/mol. The van der Waals surface area contributed by atoms with Crippen molar-refractivity contribution in [2.24, 2.45) is 0 Å². The molecule has 1 nitrogen and oxygen atoms in total. The maximum Gasteiger partial charge on any atom is 0.00103 e. The largest absolute Gasteiger partial charge is 0.315 e. The van der Waals surface area contributed by atoms with Crippen molar-refractivity contribution >= 4 is 0 Å². The maximum atomic E-state index is 3.49. The van der Waals surface area contributed by atoms with Crippen LogP contribution in [0.2, 0.25) is 0 Å². The van der Waals surface area contributed by atoms with Crippen LogP contribution in [0.3, 0.4) is 0 Å². The van der Waals surface area contributed by atoms with Gasteiger partial charge in [0.05, 0.1) is 0 Å². The van der Waals surface area contributed by atoms with Gasteiger partial charge in [0.2, 0.25) is 0 Å². The van der Waals surface area contributed by atoms with Crippen molar-refractivity contribution in [3.05, 3.63) is 35.9 Å². The molecule has 0 amide bonds. The number of rotatable bonds is 14. The van der Waals surface area contributed by atoms with Gasteiger partial charge in [-0.2, -0.15) is 0 Å². The Labute approximate surface area is 138 Å². The normalized spacial score (nSPS) is 11.2. The van der Waals surface area contributed by atoms with Crippen LogP contribution in [0.1, 0.15) is 83.6 Å². The van der Waals surface area contributed by atoms with Gasteiger partial charge in [-0.25, -0.2) is 0 Å². The van der Waals surface area contributed by atoms with Gasteiger partial charge in [0, 0.05) is 6.04 Å². The van der Waals surface area contributed by atoms with Crippen molar-refractivity contribution in [3.63, 3.8) is 0 Å². The summed E-state index contributed by atoms with van der Waals surface area (Å²) in [4.78, 5) is 0. The van der Waals surface area contributed by atoms with Crippen molar-refractivity contribution in [3.8, 4) is 0 Å². The first-order valence-corrected chi connectivity index (χ1v) is 9.56. The number of hydrogen-bond donors (Lipinski definition) is 1. The van der Waals surface area contributed by atoms with Crippen LogP contribution in [0.4, 0.5) is 0 Å². The lowest BCUT2D eigenvalue weighted by molar-refractivity contribution is 0.522. The molecule has 0 saturated carbocycles. The summed E-state index contributed by atoms with van der Waals surface area (Å²) in [5, 5.41) is 3.49. The van der Waals surface area contributed by atoms with Crippen LogP contribution in [-0.2, 0) is 6.42 Å². The Morgan fingerprint density at radius 1 is 0.682 bits per heavy atom. The fraction of sp³-hybridized carbons (Fsp3) is 0.714. The van der Waals surface area contributed by atoms with E-state index in [1.54, 1.807) is 0 Å². The molecule has 1 rings (SSSR count). The van der Waals surface area contributed by atoms with Crippen molar-refractivity contribution in [2.75, 3.05) is 6.54 Å². The Bertz CT molecular complexity index is 331. The summed E-state index contributed by atoms with van der Waals surface area (Å²) in [6, 6.07) is 11.5. The summed E-state index contributed by atoms with van der Waals surface area (Å²) in [5.74, 6) is 0. The standard InChI is InChI=1S/C21H37N/c1-20(2)22-19-15-10-8-6-4-3-5-7-9-12-16-21-17-13-11-14-18-21/h11,13-14,17-18,20,22H,3-10,12,15-16,19H2,1-2H3. The zero-order valence-electron chi connectivity index (χ0n) is 14.9. The number of benzene rings is 1. The van der Waals surface area contributed by atoms with Gasteiger partial charge in [0.1, 0.15) is 0 Å². The minimum absolute atomic E-state index is 0.641. The van der Waals surface area contributed by atoms with E-state index in [1.807, 2.05) is 0 Å². The molecule has 0 unspecified atom stereocenters. The third-order valence-electron chi connectivity index (χ3n) is 4.29. The van der Waals surface area contributed by atoms with E-state index >= 15 is 0 Å². The average molecular weight is 304 g/mol. The SMILES string of the molecule is CC(C)NCCCCCCCCCCCCc1ccccc1. The number of aryl methyl sites for hydroxylation is 1. The average Bonchev–Trinajstić information content (AvgIpc) is 2.52. The topological polar surface area (TPSA) is 12.0 Å². The highest BCUT2D eigenvalue weighted by atomic mass is 14.9. The number of unbranched alkanes of at least 4 members (excludes halogenated alkanes) is 9. The zero-order chi connectivity index (χ0) is 15.9. The molecule has 0 fully saturated rings. The maximum absolute atomic E-state index is 3.49. The van der Waals surface area contributed by atoms with Crippen LogP contribution >= 0.6 is 0 Å². The van der Waals surface area contributed by atoms with Gasteiger partial charge in [-0.1, -0.05) is 95.5 Å². The van der Waals surface area contributed by atoms with E-state index < -0.39 is 0 Å². The van der Waals surface area contributed by atoms with Crippen LogP contribution in [0.25, 0.3) is 0 Å². The summed E-state index contributed by atoms with van der Waals surface area (Å²) < 4.78 is 0. The first-order valence-electron chi connectivity index (χ1n) is 9.56. The molecule has 0 aromatic heterocycles. The first kappa shape index (κ1) is 19.2. The smallest absolute Gasteiger partial charge is 0.00103 e. The molecular formula is C21H37N. The quantitative estimate of drug-likeness (QED) is 0.408. The molecule has 22 heavy (non-hydrogen) atoms. The second-order valence-electron chi connectivity index (χ2n) is 6.88. The van der Waals surface area contributed by atoms with Crippen molar-refractivity contribution in [1.82, 2.24) is 5.32 Å². The van der Waals surface area contributed by atoms with Gasteiger partial charge in [0.15, 0.2) is 0 Å². The van der Waals surface area contributed by atoms with E-state index in [-0.39, 0.29) is 0 Å². The molecular weight excluding hydrogens is 266 g/mol. The molecule has 0 bridgehead atoms.